The van der Waals surface area contributed by atoms with Gasteiger partial charge in [-0.05, 0) is 60.7 Å². The van der Waals surface area contributed by atoms with E-state index in [1.165, 1.54) is 25.0 Å². The maximum Gasteiger partial charge on any atom is 0.229 e. The number of H-pyrrole nitrogens is 1. The Bertz CT molecular complexity index is 1390. The molecule has 35 heavy (non-hydrogen) atoms. The molecule has 8 heteroatoms. The van der Waals surface area contributed by atoms with Gasteiger partial charge in [-0.3, -0.25) is 9.89 Å². The van der Waals surface area contributed by atoms with Gasteiger partial charge in [-0.1, -0.05) is 25.6 Å². The molecule has 0 spiro atoms. The van der Waals surface area contributed by atoms with Crippen LogP contribution in [0, 0.1) is 11.7 Å². The van der Waals surface area contributed by atoms with Gasteiger partial charge in [0.2, 0.25) is 5.95 Å². The molecule has 1 saturated heterocycles. The highest BCUT2D eigenvalue weighted by atomic mass is 19.1. The summed E-state index contributed by atoms with van der Waals surface area (Å²) in [5.41, 5.74) is 3.85. The number of nitrogens with one attached hydrogen (secondary N) is 2. The minimum Gasteiger partial charge on any atom is -0.371 e. The fourth-order valence-electron chi connectivity index (χ4n) is 4.41. The lowest BCUT2D eigenvalue weighted by molar-refractivity contribution is -0.114. The summed E-state index contributed by atoms with van der Waals surface area (Å²) >= 11 is 0. The molecule has 7 nitrogen and oxygen atoms in total. The van der Waals surface area contributed by atoms with Crippen molar-refractivity contribution in [2.45, 2.75) is 26.2 Å². The summed E-state index contributed by atoms with van der Waals surface area (Å²) in [6, 6.07) is 12.7. The van der Waals surface area contributed by atoms with Crippen LogP contribution in [0.1, 0.15) is 25.3 Å². The van der Waals surface area contributed by atoms with Crippen molar-refractivity contribution in [2.75, 3.05) is 23.3 Å². The summed E-state index contributed by atoms with van der Waals surface area (Å²) < 4.78 is 14.9. The van der Waals surface area contributed by atoms with Crippen LogP contribution in [0.15, 0.2) is 61.3 Å². The van der Waals surface area contributed by atoms with Gasteiger partial charge in [-0.25, -0.2) is 9.37 Å². The fraction of sp³-hybridized carbons (Fsp3) is 0.259. The number of carbonyl (C=O) groups is 1. The number of hydrogen-bond donors (Lipinski definition) is 2. The molecular formula is C27H27FN6O. The first-order valence-corrected chi connectivity index (χ1v) is 11.8. The molecule has 4 aromatic rings. The van der Waals surface area contributed by atoms with Gasteiger partial charge in [0, 0.05) is 36.4 Å². The lowest BCUT2D eigenvalue weighted by Gasteiger charge is -2.32. The normalized spacial score (nSPS) is 14.3. The highest BCUT2D eigenvalue weighted by Crippen LogP contribution is 2.31. The van der Waals surface area contributed by atoms with Gasteiger partial charge < -0.3 is 10.2 Å². The zero-order chi connectivity index (χ0) is 24.4. The minimum absolute atomic E-state index is 0.135. The molecule has 2 aromatic heterocycles. The third-order valence-electron chi connectivity index (χ3n) is 6.45. The maximum absolute atomic E-state index is 14.9. The molecule has 3 heterocycles. The highest BCUT2D eigenvalue weighted by molar-refractivity contribution is 5.93. The summed E-state index contributed by atoms with van der Waals surface area (Å²) in [7, 11) is 0. The third kappa shape index (κ3) is 4.91. The van der Waals surface area contributed by atoms with Crippen molar-refractivity contribution in [1.29, 1.82) is 0 Å². The van der Waals surface area contributed by atoms with Crippen LogP contribution in [0.2, 0.25) is 0 Å². The highest BCUT2D eigenvalue weighted by Gasteiger charge is 2.18. The van der Waals surface area contributed by atoms with E-state index in [2.05, 4.69) is 56.0 Å². The fourth-order valence-corrected chi connectivity index (χ4v) is 4.41. The van der Waals surface area contributed by atoms with Crippen LogP contribution in [0.4, 0.5) is 21.7 Å². The molecule has 178 valence electrons. The van der Waals surface area contributed by atoms with Crippen LogP contribution < -0.4 is 10.2 Å². The van der Waals surface area contributed by atoms with Gasteiger partial charge in [-0.2, -0.15) is 10.1 Å². The van der Waals surface area contributed by atoms with E-state index in [0.29, 0.717) is 28.2 Å². The SMILES string of the molecule is C=CC(=O)Cc1ccc(F)c(-c2nc(Nc3cccc(N4CCC(C)CC4)c3)nc3[nH]ncc23)c1. The van der Waals surface area contributed by atoms with Crippen LogP contribution in [0.25, 0.3) is 22.3 Å². The second-order valence-corrected chi connectivity index (χ2v) is 9.03. The number of halogens is 1. The van der Waals surface area contributed by atoms with Crippen LogP contribution in [-0.4, -0.2) is 39.0 Å². The van der Waals surface area contributed by atoms with Crippen LogP contribution >= 0.6 is 0 Å². The first kappa shape index (κ1) is 22.7. The van der Waals surface area contributed by atoms with Crippen molar-refractivity contribution in [2.24, 2.45) is 5.92 Å². The molecule has 0 unspecified atom stereocenters. The van der Waals surface area contributed by atoms with Gasteiger partial charge in [0.15, 0.2) is 11.4 Å². The Balaban J connectivity index is 1.48. The molecule has 1 aliphatic heterocycles. The standard InChI is InChI=1S/C27H27FN6O/c1-3-21(35)13-18-7-8-24(28)22(14-18)25-23-16-29-33-26(23)32-27(31-25)30-19-5-4-6-20(15-19)34-11-9-17(2)10-12-34/h3-8,14-17H,1,9-13H2,2H3,(H2,29,30,31,32,33). The lowest BCUT2D eigenvalue weighted by atomic mass is 9.99. The molecule has 0 aliphatic carbocycles. The molecule has 0 radical (unpaired) electrons. The number of anilines is 3. The number of rotatable bonds is 7. The Hall–Kier alpha value is -4.07. The van der Waals surface area contributed by atoms with Crippen molar-refractivity contribution in [3.05, 3.63) is 72.7 Å². The number of carbonyl (C=O) groups excluding carboxylic acids is 1. The molecule has 1 aliphatic rings. The predicted octanol–water partition coefficient (Wildman–Crippen LogP) is 5.44. The molecule has 0 atom stereocenters. The second kappa shape index (κ2) is 9.66. The number of fused-ring (bicyclic) bond motifs is 1. The van der Waals surface area contributed by atoms with E-state index >= 15 is 0 Å². The quantitative estimate of drug-likeness (QED) is 0.350. The molecule has 0 bridgehead atoms. The molecule has 2 N–H and O–H groups in total. The van der Waals surface area contributed by atoms with E-state index in [0.717, 1.165) is 30.4 Å². The Labute approximate surface area is 203 Å². The van der Waals surface area contributed by atoms with Crippen molar-refractivity contribution < 1.29 is 9.18 Å². The third-order valence-corrected chi connectivity index (χ3v) is 6.45. The monoisotopic (exact) mass is 470 g/mol. The van der Waals surface area contributed by atoms with E-state index in [9.17, 15) is 9.18 Å². The van der Waals surface area contributed by atoms with E-state index < -0.39 is 5.82 Å². The van der Waals surface area contributed by atoms with Gasteiger partial charge in [0.1, 0.15) is 5.82 Å². The summed E-state index contributed by atoms with van der Waals surface area (Å²) in [5, 5.41) is 10.8. The molecule has 0 saturated carbocycles. The Morgan fingerprint density at radius 2 is 2.06 bits per heavy atom. The first-order valence-electron chi connectivity index (χ1n) is 11.8. The van der Waals surface area contributed by atoms with Crippen molar-refractivity contribution in [1.82, 2.24) is 20.2 Å². The zero-order valence-electron chi connectivity index (χ0n) is 19.6. The van der Waals surface area contributed by atoms with Gasteiger partial charge in [0.25, 0.3) is 0 Å². The van der Waals surface area contributed by atoms with Crippen molar-refractivity contribution in [3.63, 3.8) is 0 Å². The van der Waals surface area contributed by atoms with Gasteiger partial charge in [0.05, 0.1) is 17.3 Å². The predicted molar refractivity (Wildman–Crippen MR) is 136 cm³/mol. The molecule has 2 aromatic carbocycles. The van der Waals surface area contributed by atoms with E-state index in [-0.39, 0.29) is 17.8 Å². The van der Waals surface area contributed by atoms with E-state index in [1.807, 2.05) is 12.1 Å². The average molecular weight is 471 g/mol. The van der Waals surface area contributed by atoms with Gasteiger partial charge in [-0.15, -0.1) is 0 Å². The number of benzene rings is 2. The number of nitrogens with zero attached hydrogens (tertiary/aromatic N) is 4. The summed E-state index contributed by atoms with van der Waals surface area (Å²) in [5.74, 6) is 0.514. The van der Waals surface area contributed by atoms with Crippen LogP contribution in [0.5, 0.6) is 0 Å². The largest absolute Gasteiger partial charge is 0.371 e. The van der Waals surface area contributed by atoms with E-state index in [4.69, 9.17) is 0 Å². The minimum atomic E-state index is -0.437. The number of aromatic nitrogens is 4. The summed E-state index contributed by atoms with van der Waals surface area (Å²) in [4.78, 5) is 23.4. The van der Waals surface area contributed by atoms with Crippen LogP contribution in [-0.2, 0) is 11.2 Å². The molecular weight excluding hydrogens is 443 g/mol. The number of hydrogen-bond acceptors (Lipinski definition) is 6. The summed E-state index contributed by atoms with van der Waals surface area (Å²) in [6.07, 6.45) is 5.35. The lowest BCUT2D eigenvalue weighted by Crippen LogP contribution is -2.32. The Morgan fingerprint density at radius 3 is 2.86 bits per heavy atom. The topological polar surface area (TPSA) is 86.8 Å². The van der Waals surface area contributed by atoms with Gasteiger partial charge >= 0.3 is 0 Å². The van der Waals surface area contributed by atoms with Crippen molar-refractivity contribution in [3.8, 4) is 11.3 Å². The number of piperidine rings is 1. The summed E-state index contributed by atoms with van der Waals surface area (Å²) in [6.45, 7) is 7.88. The smallest absolute Gasteiger partial charge is 0.229 e. The number of allylic oxidation sites excluding steroid dienone is 1. The average Bonchev–Trinajstić information content (AvgIpc) is 3.34. The van der Waals surface area contributed by atoms with E-state index in [1.54, 1.807) is 18.3 Å². The Morgan fingerprint density at radius 1 is 1.23 bits per heavy atom. The number of aromatic amines is 1. The Kier molecular flexibility index (Phi) is 6.27. The number of ketones is 1. The molecule has 0 amide bonds. The molecule has 1 fully saturated rings. The second-order valence-electron chi connectivity index (χ2n) is 9.03. The van der Waals surface area contributed by atoms with Crippen molar-refractivity contribution >= 4 is 34.1 Å². The zero-order valence-corrected chi connectivity index (χ0v) is 19.6. The van der Waals surface area contributed by atoms with Crippen LogP contribution in [0.3, 0.4) is 0 Å². The molecule has 5 rings (SSSR count). The first-order chi connectivity index (χ1) is 17.0. The maximum atomic E-state index is 14.9.